The fourth-order valence-corrected chi connectivity index (χ4v) is 1.34. The van der Waals surface area contributed by atoms with Crippen LogP contribution in [-0.2, 0) is 0 Å². The molecule has 0 aliphatic heterocycles. The van der Waals surface area contributed by atoms with E-state index in [-0.39, 0.29) is 6.61 Å². The molecule has 0 aliphatic rings. The number of rotatable bonds is 4. The lowest BCUT2D eigenvalue weighted by Crippen LogP contribution is -2.18. The maximum Gasteiger partial charge on any atom is 0.139 e. The van der Waals surface area contributed by atoms with Gasteiger partial charge >= 0.3 is 0 Å². The van der Waals surface area contributed by atoms with Crippen LogP contribution in [0.2, 0.25) is 10.0 Å². The second kappa shape index (κ2) is 5.81. The molecule has 1 atom stereocenters. The van der Waals surface area contributed by atoms with Gasteiger partial charge < -0.3 is 9.84 Å². The van der Waals surface area contributed by atoms with Gasteiger partial charge in [0.05, 0.1) is 11.1 Å². The fourth-order valence-electron chi connectivity index (χ4n) is 0.818. The number of alkyl halides is 1. The van der Waals surface area contributed by atoms with Crippen LogP contribution in [0.1, 0.15) is 0 Å². The lowest BCUT2D eigenvalue weighted by atomic mass is 10.3. The number of aliphatic hydroxyl groups excluding tert-OH is 1. The summed E-state index contributed by atoms with van der Waals surface area (Å²) in [6.07, 6.45) is -0.551. The minimum atomic E-state index is -0.551. The Bertz CT molecular complexity index is 307. The molecule has 0 spiro atoms. The molecular weight excluding hydrogens is 291 g/mol. The Hall–Kier alpha value is 0.0400. The Labute approximate surface area is 101 Å². The number of hydrogen-bond donors (Lipinski definition) is 1. The molecule has 14 heavy (non-hydrogen) atoms. The zero-order chi connectivity index (χ0) is 10.6. The summed E-state index contributed by atoms with van der Waals surface area (Å²) in [5, 5.41) is 10.7. The fraction of sp³-hybridized carbons (Fsp3) is 0.333. The van der Waals surface area contributed by atoms with Gasteiger partial charge in [-0.05, 0) is 12.1 Å². The number of hydrogen-bond acceptors (Lipinski definition) is 2. The first-order valence-corrected chi connectivity index (χ1v) is 5.83. The summed E-state index contributed by atoms with van der Waals surface area (Å²) in [6.45, 7) is 0.186. The molecule has 0 saturated carbocycles. The van der Waals surface area contributed by atoms with Crippen LogP contribution in [0.4, 0.5) is 0 Å². The van der Waals surface area contributed by atoms with Gasteiger partial charge in [0, 0.05) is 16.4 Å². The van der Waals surface area contributed by atoms with E-state index in [0.717, 1.165) is 0 Å². The van der Waals surface area contributed by atoms with Crippen molar-refractivity contribution in [3.8, 4) is 5.75 Å². The van der Waals surface area contributed by atoms with Gasteiger partial charge in [-0.2, -0.15) is 0 Å². The van der Waals surface area contributed by atoms with E-state index in [1.807, 2.05) is 0 Å². The summed E-state index contributed by atoms with van der Waals surface area (Å²) >= 11 is 14.7. The Morgan fingerprint density at radius 3 is 2.79 bits per heavy atom. The average Bonchev–Trinajstić information content (AvgIpc) is 2.19. The third-order valence-electron chi connectivity index (χ3n) is 1.50. The molecule has 1 unspecified atom stereocenters. The summed E-state index contributed by atoms with van der Waals surface area (Å²) in [5.41, 5.74) is 0. The van der Waals surface area contributed by atoms with Crippen molar-refractivity contribution in [3.63, 3.8) is 0 Å². The number of halogens is 3. The van der Waals surface area contributed by atoms with Crippen LogP contribution in [0.25, 0.3) is 0 Å². The van der Waals surface area contributed by atoms with Crippen LogP contribution < -0.4 is 4.74 Å². The molecule has 1 aromatic rings. The van der Waals surface area contributed by atoms with E-state index in [0.29, 0.717) is 21.1 Å². The minimum Gasteiger partial charge on any atom is -0.489 e. The molecule has 0 radical (unpaired) electrons. The van der Waals surface area contributed by atoms with Gasteiger partial charge in [-0.1, -0.05) is 39.1 Å². The minimum absolute atomic E-state index is 0.186. The van der Waals surface area contributed by atoms with Gasteiger partial charge in [0.25, 0.3) is 0 Å². The molecule has 0 heterocycles. The van der Waals surface area contributed by atoms with E-state index in [9.17, 15) is 5.11 Å². The van der Waals surface area contributed by atoms with Crippen LogP contribution >= 0.6 is 39.1 Å². The van der Waals surface area contributed by atoms with Crippen LogP contribution in [0, 0.1) is 0 Å². The van der Waals surface area contributed by atoms with Crippen molar-refractivity contribution < 1.29 is 9.84 Å². The quantitative estimate of drug-likeness (QED) is 0.866. The van der Waals surface area contributed by atoms with E-state index in [4.69, 9.17) is 27.9 Å². The van der Waals surface area contributed by atoms with E-state index in [2.05, 4.69) is 15.9 Å². The van der Waals surface area contributed by atoms with Crippen molar-refractivity contribution in [1.29, 1.82) is 0 Å². The molecule has 0 saturated heterocycles. The molecule has 1 N–H and O–H groups in total. The highest BCUT2D eigenvalue weighted by Crippen LogP contribution is 2.27. The lowest BCUT2D eigenvalue weighted by molar-refractivity contribution is 0.127. The summed E-state index contributed by atoms with van der Waals surface area (Å²) in [6, 6.07) is 4.95. The first-order chi connectivity index (χ1) is 6.63. The topological polar surface area (TPSA) is 29.5 Å². The Morgan fingerprint density at radius 2 is 2.14 bits per heavy atom. The van der Waals surface area contributed by atoms with Crippen molar-refractivity contribution in [2.45, 2.75) is 6.10 Å². The molecule has 78 valence electrons. The molecule has 0 aliphatic carbocycles. The third-order valence-corrected chi connectivity index (χ3v) is 2.80. The summed E-state index contributed by atoms with van der Waals surface area (Å²) in [5.74, 6) is 0.485. The second-order valence-electron chi connectivity index (χ2n) is 2.69. The molecule has 2 nitrogen and oxygen atoms in total. The van der Waals surface area contributed by atoms with Crippen LogP contribution in [-0.4, -0.2) is 23.1 Å². The SMILES string of the molecule is OC(CBr)COc1cc(Cl)ccc1Cl. The molecule has 0 fully saturated rings. The van der Waals surface area contributed by atoms with Crippen molar-refractivity contribution in [1.82, 2.24) is 0 Å². The van der Waals surface area contributed by atoms with Crippen molar-refractivity contribution in [3.05, 3.63) is 28.2 Å². The third kappa shape index (κ3) is 3.65. The van der Waals surface area contributed by atoms with Gasteiger partial charge in [0.15, 0.2) is 0 Å². The van der Waals surface area contributed by atoms with E-state index < -0.39 is 6.10 Å². The molecule has 0 aromatic heterocycles. The van der Waals surface area contributed by atoms with Gasteiger partial charge in [0.2, 0.25) is 0 Å². The Morgan fingerprint density at radius 1 is 1.43 bits per heavy atom. The van der Waals surface area contributed by atoms with Crippen molar-refractivity contribution in [2.24, 2.45) is 0 Å². The number of aliphatic hydroxyl groups is 1. The first kappa shape index (κ1) is 12.1. The predicted octanol–water partition coefficient (Wildman–Crippen LogP) is 3.13. The zero-order valence-corrected chi connectivity index (χ0v) is 10.3. The highest BCUT2D eigenvalue weighted by atomic mass is 79.9. The van der Waals surface area contributed by atoms with Crippen molar-refractivity contribution in [2.75, 3.05) is 11.9 Å². The number of benzene rings is 1. The average molecular weight is 300 g/mol. The maximum atomic E-state index is 9.23. The highest BCUT2D eigenvalue weighted by molar-refractivity contribution is 9.09. The monoisotopic (exact) mass is 298 g/mol. The predicted molar refractivity (Wildman–Crippen MR) is 61.8 cm³/mol. The van der Waals surface area contributed by atoms with Gasteiger partial charge in [-0.25, -0.2) is 0 Å². The van der Waals surface area contributed by atoms with Crippen LogP contribution in [0.15, 0.2) is 18.2 Å². The molecule has 0 amide bonds. The summed E-state index contributed by atoms with van der Waals surface area (Å²) in [4.78, 5) is 0. The Kier molecular flexibility index (Phi) is 5.02. The van der Waals surface area contributed by atoms with E-state index >= 15 is 0 Å². The summed E-state index contributed by atoms with van der Waals surface area (Å²) < 4.78 is 5.27. The summed E-state index contributed by atoms with van der Waals surface area (Å²) in [7, 11) is 0. The van der Waals surface area contributed by atoms with Crippen molar-refractivity contribution >= 4 is 39.1 Å². The molecular formula is C9H9BrCl2O2. The van der Waals surface area contributed by atoms with Gasteiger partial charge in [0.1, 0.15) is 12.4 Å². The number of ether oxygens (including phenoxy) is 1. The zero-order valence-electron chi connectivity index (χ0n) is 7.21. The van der Waals surface area contributed by atoms with Crippen LogP contribution in [0.3, 0.4) is 0 Å². The van der Waals surface area contributed by atoms with Gasteiger partial charge in [-0.15, -0.1) is 0 Å². The normalized spacial score (nSPS) is 12.6. The smallest absolute Gasteiger partial charge is 0.139 e. The largest absolute Gasteiger partial charge is 0.489 e. The lowest BCUT2D eigenvalue weighted by Gasteiger charge is -2.10. The standard InChI is InChI=1S/C9H9BrCl2O2/c10-4-7(13)5-14-9-3-6(11)1-2-8(9)12/h1-3,7,13H,4-5H2. The molecule has 0 bridgehead atoms. The molecule has 1 rings (SSSR count). The van der Waals surface area contributed by atoms with E-state index in [1.54, 1.807) is 18.2 Å². The molecule has 1 aromatic carbocycles. The van der Waals surface area contributed by atoms with E-state index in [1.165, 1.54) is 0 Å². The first-order valence-electron chi connectivity index (χ1n) is 3.95. The van der Waals surface area contributed by atoms with Crippen LogP contribution in [0.5, 0.6) is 5.75 Å². The highest BCUT2D eigenvalue weighted by Gasteiger charge is 2.06. The Balaban J connectivity index is 2.62. The molecule has 5 heteroatoms. The second-order valence-corrected chi connectivity index (χ2v) is 4.18. The maximum absolute atomic E-state index is 9.23. The van der Waals surface area contributed by atoms with Gasteiger partial charge in [-0.3, -0.25) is 0 Å².